The fraction of sp³-hybridized carbons (Fsp3) is 0.222. The van der Waals surface area contributed by atoms with E-state index in [9.17, 15) is 13.2 Å². The molecule has 1 aromatic rings. The van der Waals surface area contributed by atoms with Crippen LogP contribution in [0, 0.1) is 11.3 Å². The highest BCUT2D eigenvalue weighted by molar-refractivity contribution is 5.85. The lowest BCUT2D eigenvalue weighted by Gasteiger charge is -2.13. The first-order valence-corrected chi connectivity index (χ1v) is 3.78. The smallest absolute Gasteiger partial charge is 0.312 e. The molecule has 15 heavy (non-hydrogen) atoms. The molecule has 0 aromatic heterocycles. The molecule has 0 aliphatic heterocycles. The normalized spacial score (nSPS) is 12.5. The molecule has 2 nitrogen and oxygen atoms in total. The zero-order valence-electron chi connectivity index (χ0n) is 7.45. The second-order valence-electron chi connectivity index (χ2n) is 2.69. The topological polar surface area (TPSA) is 49.8 Å². The van der Waals surface area contributed by atoms with Gasteiger partial charge in [-0.05, 0) is 11.6 Å². The summed E-state index contributed by atoms with van der Waals surface area (Å²) in [6.07, 6.45) is -4.47. The van der Waals surface area contributed by atoms with E-state index in [-0.39, 0.29) is 18.0 Å². The van der Waals surface area contributed by atoms with Gasteiger partial charge in [-0.2, -0.15) is 18.4 Å². The van der Waals surface area contributed by atoms with Gasteiger partial charge < -0.3 is 5.73 Å². The Balaban J connectivity index is 0.00000196. The molecule has 0 bridgehead atoms. The van der Waals surface area contributed by atoms with Gasteiger partial charge in [0.05, 0.1) is 11.6 Å². The van der Waals surface area contributed by atoms with Crippen molar-refractivity contribution >= 4 is 12.4 Å². The average Bonchev–Trinajstić information content (AvgIpc) is 2.15. The van der Waals surface area contributed by atoms with Crippen LogP contribution >= 0.6 is 12.4 Å². The van der Waals surface area contributed by atoms with Gasteiger partial charge >= 0.3 is 6.18 Å². The minimum absolute atomic E-state index is 0. The number of benzene rings is 1. The SMILES string of the molecule is Cl.N#CC(N)c1ccccc1C(F)(F)F. The Labute approximate surface area is 90.9 Å². The summed E-state index contributed by atoms with van der Waals surface area (Å²) in [6, 6.07) is 5.12. The van der Waals surface area contributed by atoms with E-state index in [0.29, 0.717) is 0 Å². The van der Waals surface area contributed by atoms with Crippen LogP contribution in [0.5, 0.6) is 0 Å². The number of halogens is 4. The van der Waals surface area contributed by atoms with Crippen LogP contribution in [-0.2, 0) is 6.18 Å². The first kappa shape index (κ1) is 13.8. The Bertz CT molecular complexity index is 370. The van der Waals surface area contributed by atoms with E-state index in [1.54, 1.807) is 6.07 Å². The lowest BCUT2D eigenvalue weighted by atomic mass is 10.0. The van der Waals surface area contributed by atoms with Gasteiger partial charge in [-0.15, -0.1) is 12.4 Å². The maximum atomic E-state index is 12.4. The molecular formula is C9H8ClF3N2. The van der Waals surface area contributed by atoms with Crippen LogP contribution in [0.4, 0.5) is 13.2 Å². The summed E-state index contributed by atoms with van der Waals surface area (Å²) in [7, 11) is 0. The van der Waals surface area contributed by atoms with Crippen molar-refractivity contribution in [1.29, 1.82) is 5.26 Å². The molecule has 2 N–H and O–H groups in total. The third-order valence-electron chi connectivity index (χ3n) is 1.74. The van der Waals surface area contributed by atoms with Gasteiger partial charge in [0.1, 0.15) is 6.04 Å². The Hall–Kier alpha value is -1.25. The van der Waals surface area contributed by atoms with Crippen molar-refractivity contribution < 1.29 is 13.2 Å². The summed E-state index contributed by atoms with van der Waals surface area (Å²) in [5.41, 5.74) is 4.19. The zero-order chi connectivity index (χ0) is 10.8. The fourth-order valence-corrected chi connectivity index (χ4v) is 1.10. The van der Waals surface area contributed by atoms with Gasteiger partial charge in [0.2, 0.25) is 0 Å². The van der Waals surface area contributed by atoms with Crippen LogP contribution in [0.15, 0.2) is 24.3 Å². The highest BCUT2D eigenvalue weighted by atomic mass is 35.5. The monoisotopic (exact) mass is 236 g/mol. The number of hydrogen-bond donors (Lipinski definition) is 1. The van der Waals surface area contributed by atoms with Gasteiger partial charge in [-0.1, -0.05) is 18.2 Å². The maximum Gasteiger partial charge on any atom is 0.416 e. The van der Waals surface area contributed by atoms with Gasteiger partial charge in [-0.25, -0.2) is 0 Å². The number of nitrogens with two attached hydrogens (primary N) is 1. The molecule has 1 atom stereocenters. The Morgan fingerprint density at radius 3 is 2.27 bits per heavy atom. The van der Waals surface area contributed by atoms with Crippen molar-refractivity contribution in [3.8, 4) is 6.07 Å². The van der Waals surface area contributed by atoms with Gasteiger partial charge in [0.25, 0.3) is 0 Å². The van der Waals surface area contributed by atoms with Crippen LogP contribution in [0.1, 0.15) is 17.2 Å². The highest BCUT2D eigenvalue weighted by Gasteiger charge is 2.34. The molecule has 0 aliphatic carbocycles. The standard InChI is InChI=1S/C9H7F3N2.ClH/c10-9(11,12)7-4-2-1-3-6(7)8(14)5-13;/h1-4,8H,14H2;1H. The largest absolute Gasteiger partial charge is 0.416 e. The van der Waals surface area contributed by atoms with Crippen LogP contribution < -0.4 is 5.73 Å². The predicted molar refractivity (Wildman–Crippen MR) is 51.2 cm³/mol. The molecule has 1 aromatic carbocycles. The van der Waals surface area contributed by atoms with E-state index in [0.717, 1.165) is 6.07 Å². The molecule has 0 saturated carbocycles. The lowest BCUT2D eigenvalue weighted by molar-refractivity contribution is -0.138. The minimum atomic E-state index is -4.47. The molecule has 0 radical (unpaired) electrons. The summed E-state index contributed by atoms with van der Waals surface area (Å²) in [5, 5.41) is 8.44. The molecule has 0 aliphatic rings. The third-order valence-corrected chi connectivity index (χ3v) is 1.74. The van der Waals surface area contributed by atoms with Crippen molar-refractivity contribution in [1.82, 2.24) is 0 Å². The molecule has 82 valence electrons. The number of nitrogens with zero attached hydrogens (tertiary/aromatic N) is 1. The third kappa shape index (κ3) is 3.11. The fourth-order valence-electron chi connectivity index (χ4n) is 1.10. The van der Waals surface area contributed by atoms with Crippen LogP contribution in [0.25, 0.3) is 0 Å². The van der Waals surface area contributed by atoms with Gasteiger partial charge in [0, 0.05) is 0 Å². The minimum Gasteiger partial charge on any atom is -0.312 e. The molecule has 0 spiro atoms. The number of nitriles is 1. The molecule has 0 saturated heterocycles. The molecule has 1 unspecified atom stereocenters. The molecular weight excluding hydrogens is 229 g/mol. The zero-order valence-corrected chi connectivity index (χ0v) is 8.27. The molecule has 0 amide bonds. The van der Waals surface area contributed by atoms with Crippen molar-refractivity contribution in [3.63, 3.8) is 0 Å². The second kappa shape index (κ2) is 5.01. The quantitative estimate of drug-likeness (QED) is 0.815. The number of alkyl halides is 3. The summed E-state index contributed by atoms with van der Waals surface area (Å²) >= 11 is 0. The van der Waals surface area contributed by atoms with Crippen LogP contribution in [0.3, 0.4) is 0 Å². The van der Waals surface area contributed by atoms with Gasteiger partial charge in [-0.3, -0.25) is 0 Å². The van der Waals surface area contributed by atoms with E-state index < -0.39 is 17.8 Å². The first-order valence-electron chi connectivity index (χ1n) is 3.78. The second-order valence-corrected chi connectivity index (χ2v) is 2.69. The number of hydrogen-bond acceptors (Lipinski definition) is 2. The summed E-state index contributed by atoms with van der Waals surface area (Å²) < 4.78 is 37.1. The Kier molecular flexibility index (Phi) is 4.59. The number of rotatable bonds is 1. The van der Waals surface area contributed by atoms with Crippen molar-refractivity contribution in [2.24, 2.45) is 5.73 Å². The Morgan fingerprint density at radius 2 is 1.80 bits per heavy atom. The van der Waals surface area contributed by atoms with Crippen LogP contribution in [0.2, 0.25) is 0 Å². The molecule has 1 rings (SSSR count). The maximum absolute atomic E-state index is 12.4. The highest BCUT2D eigenvalue weighted by Crippen LogP contribution is 2.33. The molecule has 0 heterocycles. The van der Waals surface area contributed by atoms with E-state index >= 15 is 0 Å². The van der Waals surface area contributed by atoms with Crippen molar-refractivity contribution in [2.45, 2.75) is 12.2 Å². The predicted octanol–water partition coefficient (Wildman–Crippen LogP) is 2.65. The Morgan fingerprint density at radius 1 is 1.27 bits per heavy atom. The van der Waals surface area contributed by atoms with E-state index in [1.807, 2.05) is 0 Å². The summed E-state index contributed by atoms with van der Waals surface area (Å²) in [4.78, 5) is 0. The molecule has 0 fully saturated rings. The van der Waals surface area contributed by atoms with Crippen molar-refractivity contribution in [2.75, 3.05) is 0 Å². The average molecular weight is 237 g/mol. The molecule has 6 heteroatoms. The summed E-state index contributed by atoms with van der Waals surface area (Å²) in [5.74, 6) is 0. The van der Waals surface area contributed by atoms with Crippen molar-refractivity contribution in [3.05, 3.63) is 35.4 Å². The lowest BCUT2D eigenvalue weighted by Crippen LogP contribution is -2.15. The van der Waals surface area contributed by atoms with E-state index in [1.165, 1.54) is 18.2 Å². The first-order chi connectivity index (χ1) is 6.46. The van der Waals surface area contributed by atoms with E-state index in [4.69, 9.17) is 11.0 Å². The van der Waals surface area contributed by atoms with E-state index in [2.05, 4.69) is 0 Å². The van der Waals surface area contributed by atoms with Crippen LogP contribution in [-0.4, -0.2) is 0 Å². The van der Waals surface area contributed by atoms with Gasteiger partial charge in [0.15, 0.2) is 0 Å². The summed E-state index contributed by atoms with van der Waals surface area (Å²) in [6.45, 7) is 0.